The summed E-state index contributed by atoms with van der Waals surface area (Å²) in [6.45, 7) is -0.106. The number of halogens is 4. The number of carbonyl (C=O) groups is 1. The van der Waals surface area contributed by atoms with Crippen LogP contribution in [0.3, 0.4) is 0 Å². The molecule has 0 aliphatic carbocycles. The minimum Gasteiger partial charge on any atom is -0.475 e. The highest BCUT2D eigenvalue weighted by molar-refractivity contribution is 6.10. The number of alkyl halides is 3. The third-order valence-corrected chi connectivity index (χ3v) is 5.73. The summed E-state index contributed by atoms with van der Waals surface area (Å²) in [5, 5.41) is 5.20. The van der Waals surface area contributed by atoms with Gasteiger partial charge in [0.15, 0.2) is 0 Å². The van der Waals surface area contributed by atoms with Gasteiger partial charge in [-0.3, -0.25) is 9.48 Å². The van der Waals surface area contributed by atoms with Crippen molar-refractivity contribution in [3.8, 4) is 5.88 Å². The highest BCUT2D eigenvalue weighted by Gasteiger charge is 2.37. The molecule has 4 aromatic rings. The molecule has 12 heteroatoms. The van der Waals surface area contributed by atoms with E-state index in [1.54, 1.807) is 11.7 Å². The first-order valence-corrected chi connectivity index (χ1v) is 9.74. The maximum atomic E-state index is 14.9. The third-order valence-electron chi connectivity index (χ3n) is 5.73. The van der Waals surface area contributed by atoms with Crippen LogP contribution in [-0.4, -0.2) is 44.2 Å². The van der Waals surface area contributed by atoms with E-state index in [9.17, 15) is 22.4 Å². The molecule has 8 nitrogen and oxygen atoms in total. The van der Waals surface area contributed by atoms with Crippen LogP contribution in [0.1, 0.15) is 27.7 Å². The number of likely N-dealkylation sites (N-methyl/N-ethyl adjacent to an activating group) is 1. The summed E-state index contributed by atoms with van der Waals surface area (Å²) in [5.41, 5.74) is 5.78. The molecule has 170 valence electrons. The van der Waals surface area contributed by atoms with Crippen LogP contribution >= 0.6 is 0 Å². The zero-order chi connectivity index (χ0) is 23.7. The Morgan fingerprint density at radius 2 is 2.00 bits per heavy atom. The molecule has 1 atom stereocenters. The average molecular weight is 460 g/mol. The van der Waals surface area contributed by atoms with Gasteiger partial charge in [0.2, 0.25) is 5.88 Å². The van der Waals surface area contributed by atoms with Crippen LogP contribution in [0.2, 0.25) is 0 Å². The van der Waals surface area contributed by atoms with Crippen LogP contribution in [0.4, 0.5) is 23.4 Å². The summed E-state index contributed by atoms with van der Waals surface area (Å²) in [4.78, 5) is 22.1. The number of rotatable bonds is 2. The van der Waals surface area contributed by atoms with Crippen LogP contribution in [0.15, 0.2) is 30.5 Å². The summed E-state index contributed by atoms with van der Waals surface area (Å²) in [5.74, 6) is -1.50. The summed E-state index contributed by atoms with van der Waals surface area (Å²) in [7, 11) is 3.11. The second kappa shape index (κ2) is 7.02. The smallest absolute Gasteiger partial charge is 0.433 e. The van der Waals surface area contributed by atoms with Gasteiger partial charge in [0.25, 0.3) is 5.91 Å². The predicted molar refractivity (Wildman–Crippen MR) is 110 cm³/mol. The number of ether oxygens (including phenoxy) is 1. The molecule has 2 N–H and O–H groups in total. The molecule has 0 fully saturated rings. The highest BCUT2D eigenvalue weighted by atomic mass is 19.4. The first-order chi connectivity index (χ1) is 15.6. The SMILES string of the molecule is CN(C(=O)c1cc2c(cc1F)nc(N)c1cnn(C)c12)[C@@H]1COc2nc(C(F)(F)F)ccc21. The van der Waals surface area contributed by atoms with Gasteiger partial charge in [-0.15, -0.1) is 0 Å². The molecule has 33 heavy (non-hydrogen) atoms. The molecule has 3 aromatic heterocycles. The largest absolute Gasteiger partial charge is 0.475 e. The minimum atomic E-state index is -4.62. The Balaban J connectivity index is 1.55. The monoisotopic (exact) mass is 460 g/mol. The van der Waals surface area contributed by atoms with Crippen molar-refractivity contribution in [1.29, 1.82) is 0 Å². The van der Waals surface area contributed by atoms with Gasteiger partial charge in [0, 0.05) is 31.1 Å². The van der Waals surface area contributed by atoms with Crippen LogP contribution in [-0.2, 0) is 13.2 Å². The minimum absolute atomic E-state index is 0.106. The molecule has 0 unspecified atom stereocenters. The van der Waals surface area contributed by atoms with Gasteiger partial charge in [-0.25, -0.2) is 14.4 Å². The molecule has 1 aliphatic rings. The normalized spacial score (nSPS) is 15.6. The van der Waals surface area contributed by atoms with E-state index in [1.165, 1.54) is 30.3 Å². The van der Waals surface area contributed by atoms with Crippen molar-refractivity contribution in [1.82, 2.24) is 24.6 Å². The summed E-state index contributed by atoms with van der Waals surface area (Å²) < 4.78 is 60.6. The number of carbonyl (C=O) groups excluding carboxylic acids is 1. The molecule has 5 rings (SSSR count). The molecule has 4 heterocycles. The lowest BCUT2D eigenvalue weighted by atomic mass is 10.0. The van der Waals surface area contributed by atoms with Crippen molar-refractivity contribution in [3.05, 3.63) is 53.1 Å². The number of amides is 1. The summed E-state index contributed by atoms with van der Waals surface area (Å²) >= 11 is 0. The van der Waals surface area contributed by atoms with Gasteiger partial charge in [0.1, 0.15) is 23.9 Å². The third kappa shape index (κ3) is 3.20. The van der Waals surface area contributed by atoms with Crippen molar-refractivity contribution in [2.45, 2.75) is 12.2 Å². The van der Waals surface area contributed by atoms with Crippen molar-refractivity contribution < 1.29 is 27.1 Å². The van der Waals surface area contributed by atoms with Crippen molar-refractivity contribution in [2.24, 2.45) is 7.05 Å². The molecular weight excluding hydrogens is 444 g/mol. The van der Waals surface area contributed by atoms with Crippen LogP contribution < -0.4 is 10.5 Å². The van der Waals surface area contributed by atoms with E-state index in [2.05, 4.69) is 15.1 Å². The zero-order valence-electron chi connectivity index (χ0n) is 17.3. The number of fused-ring (bicyclic) bond motifs is 4. The second-order valence-electron chi connectivity index (χ2n) is 7.71. The van der Waals surface area contributed by atoms with E-state index in [0.717, 1.165) is 12.1 Å². The standard InChI is InChI=1S/C21H16F4N6O2/c1-30(15-8-33-19-9(15)3-4-16(29-19)21(23,24)25)20(32)10-5-11-14(6-13(10)22)28-18(26)12-7-27-31(2)17(11)12/h3-7,15H,8H2,1-2H3,(H2,26,28)/t15-/m1/s1. The van der Waals surface area contributed by atoms with E-state index in [-0.39, 0.29) is 29.4 Å². The Hall–Kier alpha value is -3.96. The van der Waals surface area contributed by atoms with E-state index >= 15 is 0 Å². The lowest BCUT2D eigenvalue weighted by Gasteiger charge is -2.24. The number of nitrogens with two attached hydrogens (primary N) is 1. The number of nitrogens with zero attached hydrogens (tertiary/aromatic N) is 5. The molecule has 0 saturated heterocycles. The molecule has 1 aliphatic heterocycles. The van der Waals surface area contributed by atoms with Crippen molar-refractivity contribution >= 4 is 33.5 Å². The number of anilines is 1. The first kappa shape index (κ1) is 20.9. The van der Waals surface area contributed by atoms with Gasteiger partial charge in [-0.1, -0.05) is 0 Å². The lowest BCUT2D eigenvalue weighted by molar-refractivity contribution is -0.141. The quantitative estimate of drug-likeness (QED) is 0.460. The zero-order valence-corrected chi connectivity index (χ0v) is 17.3. The predicted octanol–water partition coefficient (Wildman–Crippen LogP) is 3.46. The Labute approximate surface area is 183 Å². The average Bonchev–Trinajstić information content (AvgIpc) is 3.36. The van der Waals surface area contributed by atoms with Gasteiger partial charge in [-0.2, -0.15) is 18.3 Å². The van der Waals surface area contributed by atoms with Crippen molar-refractivity contribution in [3.63, 3.8) is 0 Å². The van der Waals surface area contributed by atoms with Crippen LogP contribution in [0.25, 0.3) is 21.8 Å². The fraction of sp³-hybridized carbons (Fsp3) is 0.238. The Morgan fingerprint density at radius 1 is 1.24 bits per heavy atom. The maximum Gasteiger partial charge on any atom is 0.433 e. The Bertz CT molecular complexity index is 1450. The van der Waals surface area contributed by atoms with E-state index in [0.29, 0.717) is 21.9 Å². The molecule has 0 spiro atoms. The Morgan fingerprint density at radius 3 is 2.73 bits per heavy atom. The maximum absolute atomic E-state index is 14.9. The number of nitrogen functional groups attached to an aromatic ring is 1. The van der Waals surface area contributed by atoms with Gasteiger partial charge < -0.3 is 15.4 Å². The number of hydrogen-bond donors (Lipinski definition) is 1. The van der Waals surface area contributed by atoms with Crippen molar-refractivity contribution in [2.75, 3.05) is 19.4 Å². The van der Waals surface area contributed by atoms with E-state index in [1.807, 2.05) is 0 Å². The number of benzene rings is 1. The van der Waals surface area contributed by atoms with Crippen LogP contribution in [0.5, 0.6) is 5.88 Å². The molecule has 1 aromatic carbocycles. The number of aryl methyl sites for hydroxylation is 1. The summed E-state index contributed by atoms with van der Waals surface area (Å²) in [6, 6.07) is 3.80. The number of hydrogen-bond acceptors (Lipinski definition) is 6. The van der Waals surface area contributed by atoms with Gasteiger partial charge in [-0.05, 0) is 18.2 Å². The second-order valence-corrected chi connectivity index (χ2v) is 7.71. The summed E-state index contributed by atoms with van der Waals surface area (Å²) in [6.07, 6.45) is -3.09. The van der Waals surface area contributed by atoms with E-state index in [4.69, 9.17) is 10.5 Å². The van der Waals surface area contributed by atoms with Gasteiger partial charge >= 0.3 is 6.18 Å². The topological polar surface area (TPSA) is 99.2 Å². The molecule has 0 radical (unpaired) electrons. The van der Waals surface area contributed by atoms with Crippen LogP contribution in [0, 0.1) is 5.82 Å². The molecular formula is C21H16F4N6O2. The molecule has 0 saturated carbocycles. The highest BCUT2D eigenvalue weighted by Crippen LogP contribution is 2.38. The fourth-order valence-corrected chi connectivity index (χ4v) is 4.02. The lowest BCUT2D eigenvalue weighted by Crippen LogP contribution is -2.32. The first-order valence-electron chi connectivity index (χ1n) is 9.74. The molecule has 0 bridgehead atoms. The van der Waals surface area contributed by atoms with E-state index < -0.39 is 29.6 Å². The fourth-order valence-electron chi connectivity index (χ4n) is 4.02. The molecule has 1 amide bonds. The number of aromatic nitrogens is 4. The van der Waals surface area contributed by atoms with Gasteiger partial charge in [0.05, 0.1) is 34.2 Å². The number of pyridine rings is 2. The Kier molecular flexibility index (Phi) is 4.45.